The molecule has 9 rings (SSSR count). The summed E-state index contributed by atoms with van der Waals surface area (Å²) in [6.07, 6.45) is 1.64. The first kappa shape index (κ1) is 50.5. The molecule has 0 atom stereocenters. The van der Waals surface area contributed by atoms with Crippen molar-refractivity contribution in [2.45, 2.75) is 33.2 Å². The van der Waals surface area contributed by atoms with Crippen LogP contribution in [0.25, 0.3) is 44.5 Å². The maximum atomic E-state index is 12.8. The molecule has 0 spiro atoms. The summed E-state index contributed by atoms with van der Waals surface area (Å²) < 4.78 is 65.6. The predicted molar refractivity (Wildman–Crippen MR) is 287 cm³/mol. The van der Waals surface area contributed by atoms with Gasteiger partial charge in [-0.15, -0.1) is 0 Å². The number of allylic oxidation sites excluding steroid dienone is 2. The third-order valence-electron chi connectivity index (χ3n) is 11.3. The number of rotatable bonds is 12. The van der Waals surface area contributed by atoms with Gasteiger partial charge in [0.2, 0.25) is 0 Å². The molecule has 0 bridgehead atoms. The van der Waals surface area contributed by atoms with Crippen molar-refractivity contribution in [1.29, 1.82) is 0 Å². The Morgan fingerprint density at radius 1 is 0.408 bits per heavy atom. The van der Waals surface area contributed by atoms with E-state index in [4.69, 9.17) is 5.11 Å². The highest BCUT2D eigenvalue weighted by molar-refractivity contribution is 7.88. The zero-order valence-corrected chi connectivity index (χ0v) is 40.5. The molecule has 0 radical (unpaired) electrons. The molecule has 0 fully saturated rings. The van der Waals surface area contributed by atoms with Gasteiger partial charge in [0, 0.05) is 34.1 Å². The van der Waals surface area contributed by atoms with Gasteiger partial charge in [-0.1, -0.05) is 172 Å². The lowest BCUT2D eigenvalue weighted by atomic mass is 10.0. The Hall–Kier alpha value is -8.34. The lowest BCUT2D eigenvalue weighted by Gasteiger charge is -2.26. The van der Waals surface area contributed by atoms with Crippen LogP contribution in [0, 0.1) is 0 Å². The molecule has 358 valence electrons. The van der Waals surface area contributed by atoms with Gasteiger partial charge in [0.15, 0.2) is 0 Å². The fraction of sp³-hybridized carbons (Fsp3) is 0.0820. The molecule has 6 nitrogen and oxygen atoms in total. The number of aliphatic hydroxyl groups excluding tert-OH is 1. The number of hydrogen-bond donors (Lipinski definition) is 1. The molecule has 0 amide bonds. The van der Waals surface area contributed by atoms with Crippen LogP contribution in [0.15, 0.2) is 248 Å². The van der Waals surface area contributed by atoms with Gasteiger partial charge in [0.25, 0.3) is 0 Å². The monoisotopic (exact) mass is 966 g/mol. The van der Waals surface area contributed by atoms with Crippen LogP contribution in [-0.2, 0) is 10.1 Å². The summed E-state index contributed by atoms with van der Waals surface area (Å²) in [5, 5.41) is 8.22. The quantitative estimate of drug-likeness (QED) is 0.0747. The second-order valence-corrected chi connectivity index (χ2v) is 17.4. The molecule has 0 saturated heterocycles. The zero-order valence-electron chi connectivity index (χ0n) is 39.7. The summed E-state index contributed by atoms with van der Waals surface area (Å²) in [4.78, 5) is 4.41. The van der Waals surface area contributed by atoms with E-state index in [0.717, 1.165) is 61.9 Å². The summed E-state index contributed by atoms with van der Waals surface area (Å²) in [5.41, 5.74) is 8.59. The number of para-hydroxylation sites is 1. The molecule has 1 N–H and O–H groups in total. The van der Waals surface area contributed by atoms with Gasteiger partial charge < -0.3 is 19.1 Å². The third-order valence-corrected chi connectivity index (χ3v) is 12.3. The van der Waals surface area contributed by atoms with E-state index in [9.17, 15) is 21.6 Å². The molecular formula is C61H53F3N2O4S. The number of halogens is 3. The van der Waals surface area contributed by atoms with Crippen molar-refractivity contribution >= 4 is 44.2 Å². The number of hydrogen-bond acceptors (Lipinski definition) is 6. The van der Waals surface area contributed by atoms with Crippen LogP contribution in [-0.4, -0.2) is 19.0 Å². The second-order valence-electron chi connectivity index (χ2n) is 15.9. The van der Waals surface area contributed by atoms with E-state index >= 15 is 0 Å². The van der Waals surface area contributed by atoms with Gasteiger partial charge in [0.05, 0.1) is 5.76 Å². The average Bonchev–Trinajstić information content (AvgIpc) is 3.41. The van der Waals surface area contributed by atoms with Crippen molar-refractivity contribution in [3.05, 3.63) is 248 Å². The maximum Gasteiger partial charge on any atom is 0.534 e. The fourth-order valence-corrected chi connectivity index (χ4v) is 8.08. The Morgan fingerprint density at radius 3 is 0.859 bits per heavy atom. The molecule has 9 aromatic carbocycles. The van der Waals surface area contributed by atoms with Gasteiger partial charge in [-0.25, -0.2) is 0 Å². The summed E-state index contributed by atoms with van der Waals surface area (Å²) in [7, 11) is -5.76. The summed E-state index contributed by atoms with van der Waals surface area (Å²) in [6, 6.07) is 78.2. The van der Waals surface area contributed by atoms with E-state index in [0.29, 0.717) is 11.3 Å². The van der Waals surface area contributed by atoms with Crippen molar-refractivity contribution in [3.8, 4) is 50.3 Å². The number of benzene rings is 9. The third kappa shape index (κ3) is 12.7. The van der Waals surface area contributed by atoms with Crippen LogP contribution >= 0.6 is 0 Å². The van der Waals surface area contributed by atoms with Crippen molar-refractivity contribution in [1.82, 2.24) is 0 Å². The molecule has 0 aromatic heterocycles. The van der Waals surface area contributed by atoms with Gasteiger partial charge in [0.1, 0.15) is 5.75 Å². The first-order chi connectivity index (χ1) is 34.4. The van der Waals surface area contributed by atoms with Gasteiger partial charge >= 0.3 is 15.6 Å². The van der Waals surface area contributed by atoms with E-state index in [-0.39, 0.29) is 0 Å². The smallest absolute Gasteiger partial charge is 0.513 e. The van der Waals surface area contributed by atoms with E-state index in [2.05, 4.69) is 160 Å². The molecule has 0 aliphatic carbocycles. The number of aliphatic hydroxyl groups is 1. The maximum absolute atomic E-state index is 12.8. The Bertz CT molecular complexity index is 3120. The summed E-state index contributed by atoms with van der Waals surface area (Å²) in [5.74, 6) is -0.0469. The summed E-state index contributed by atoms with van der Waals surface area (Å²) >= 11 is 0. The minimum absolute atomic E-state index is 0.380. The topological polar surface area (TPSA) is 70.1 Å². The molecule has 0 aliphatic rings. The molecule has 0 saturated carbocycles. The normalized spacial score (nSPS) is 11.3. The van der Waals surface area contributed by atoms with Crippen LogP contribution in [0.1, 0.15) is 27.7 Å². The molecule has 0 heterocycles. The average molecular weight is 967 g/mol. The van der Waals surface area contributed by atoms with Gasteiger partial charge in [-0.3, -0.25) is 0 Å². The highest BCUT2D eigenvalue weighted by atomic mass is 32.2. The largest absolute Gasteiger partial charge is 0.534 e. The Kier molecular flexibility index (Phi) is 16.6. The van der Waals surface area contributed by atoms with E-state index in [1.54, 1.807) is 19.9 Å². The van der Waals surface area contributed by atoms with Crippen LogP contribution < -0.4 is 14.0 Å². The molecule has 71 heavy (non-hydrogen) atoms. The SMILES string of the molecule is C/C=C(\C)O.CC.O=S(=O)(Oc1ccc(-c2ccc(N(c3ccccc3)c3ccc(-c4ccc(N(c5ccc(-c6ccccc6)cc5)c5ccc(-c6ccccc6)cc5)cc4)cc3)cc2)cc1)C(F)(F)F. The minimum Gasteiger partial charge on any atom is -0.513 e. The van der Waals surface area contributed by atoms with Crippen LogP contribution in [0.3, 0.4) is 0 Å². The highest BCUT2D eigenvalue weighted by Crippen LogP contribution is 2.40. The Labute approximate surface area is 415 Å². The van der Waals surface area contributed by atoms with E-state index in [1.165, 1.54) is 35.4 Å². The Morgan fingerprint density at radius 2 is 0.620 bits per heavy atom. The minimum atomic E-state index is -5.76. The highest BCUT2D eigenvalue weighted by Gasteiger charge is 2.48. The number of nitrogens with zero attached hydrogens (tertiary/aromatic N) is 2. The first-order valence-corrected chi connectivity index (χ1v) is 24.5. The summed E-state index contributed by atoms with van der Waals surface area (Å²) in [6.45, 7) is 7.43. The van der Waals surface area contributed by atoms with Gasteiger partial charge in [-0.05, 0) is 143 Å². The molecule has 10 heteroatoms. The standard InChI is InChI=1S/C55H39F3N2O3S.C4H8O.C2H6/c56-55(57,58)64(61,62)63-54-38-26-47(27-39-54)46-24-34-50(35-25-46)59(48-14-8-3-9-15-48)49-32-20-44(21-33-49)45-22-36-53(37-23-45)60(51-28-16-42(17-29-51)40-10-4-1-5-11-40)52-30-18-43(19-31-52)41-12-6-2-7-13-41;1-3-4(2)5;1-2/h1-39H;3,5H,1-2H3;1-2H3/b;4-3+;. The molecular weight excluding hydrogens is 914 g/mol. The Balaban J connectivity index is 0.000000997. The number of anilines is 6. The van der Waals surface area contributed by atoms with Crippen molar-refractivity contribution in [2.24, 2.45) is 0 Å². The molecule has 9 aromatic rings. The van der Waals surface area contributed by atoms with Crippen molar-refractivity contribution in [2.75, 3.05) is 9.80 Å². The van der Waals surface area contributed by atoms with Crippen LogP contribution in [0.2, 0.25) is 0 Å². The number of alkyl halides is 3. The zero-order chi connectivity index (χ0) is 50.4. The van der Waals surface area contributed by atoms with Gasteiger partial charge in [-0.2, -0.15) is 21.6 Å². The van der Waals surface area contributed by atoms with Crippen molar-refractivity contribution in [3.63, 3.8) is 0 Å². The van der Waals surface area contributed by atoms with E-state index in [1.807, 2.05) is 80.6 Å². The lowest BCUT2D eigenvalue weighted by Crippen LogP contribution is -2.28. The first-order valence-electron chi connectivity index (χ1n) is 23.1. The molecule has 0 unspecified atom stereocenters. The fourth-order valence-electron chi connectivity index (χ4n) is 7.62. The van der Waals surface area contributed by atoms with Crippen molar-refractivity contribution < 1.29 is 30.9 Å². The second kappa shape index (κ2) is 23.3. The lowest BCUT2D eigenvalue weighted by molar-refractivity contribution is -0.0500. The van der Waals surface area contributed by atoms with Crippen LogP contribution in [0.4, 0.5) is 47.3 Å². The predicted octanol–water partition coefficient (Wildman–Crippen LogP) is 18.0. The van der Waals surface area contributed by atoms with E-state index < -0.39 is 21.4 Å². The molecule has 0 aliphatic heterocycles. The van der Waals surface area contributed by atoms with Crippen LogP contribution in [0.5, 0.6) is 5.75 Å².